The molecule has 1 heterocycles. The van der Waals surface area contributed by atoms with Gasteiger partial charge in [0.05, 0.1) is 0 Å². The molecule has 1 aliphatic heterocycles. The molecule has 0 aromatic heterocycles. The maximum Gasteiger partial charge on any atom is 0.243 e. The molecule has 9 heteroatoms. The second-order valence-electron chi connectivity index (χ2n) is 6.52. The zero-order valence-electron chi connectivity index (χ0n) is 16.0. The van der Waals surface area contributed by atoms with Crippen LogP contribution < -0.4 is 15.5 Å². The molecule has 1 amide bonds. The molecular formula is C18H27F2N5OS. The first-order valence-corrected chi connectivity index (χ1v) is 10.2. The van der Waals surface area contributed by atoms with Gasteiger partial charge in [0.2, 0.25) is 5.91 Å². The Bertz CT molecular complexity index is 651. The summed E-state index contributed by atoms with van der Waals surface area (Å²) in [6.07, 6.45) is 2.73. The van der Waals surface area contributed by atoms with Gasteiger partial charge in [0, 0.05) is 45.5 Å². The Morgan fingerprint density at radius 2 is 2.07 bits per heavy atom. The van der Waals surface area contributed by atoms with Crippen LogP contribution in [0.25, 0.3) is 0 Å². The van der Waals surface area contributed by atoms with Crippen molar-refractivity contribution < 1.29 is 13.6 Å². The summed E-state index contributed by atoms with van der Waals surface area (Å²) in [5.41, 5.74) is 0.0124. The molecule has 0 spiro atoms. The number of thioether (sulfide) groups is 1. The van der Waals surface area contributed by atoms with E-state index in [4.69, 9.17) is 0 Å². The molecule has 1 aromatic carbocycles. The lowest BCUT2D eigenvalue weighted by atomic mass is 10.2. The minimum Gasteiger partial charge on any atom is -0.365 e. The van der Waals surface area contributed by atoms with Crippen molar-refractivity contribution in [3.05, 3.63) is 29.8 Å². The van der Waals surface area contributed by atoms with E-state index in [2.05, 4.69) is 15.6 Å². The second-order valence-corrected chi connectivity index (χ2v) is 7.50. The molecule has 0 bridgehead atoms. The highest BCUT2D eigenvalue weighted by Gasteiger charge is 2.27. The monoisotopic (exact) mass is 399 g/mol. The molecule has 1 aliphatic rings. The Hall–Kier alpha value is -2.03. The number of guanidine groups is 1. The van der Waals surface area contributed by atoms with Crippen LogP contribution in [0.4, 0.5) is 14.5 Å². The molecule has 2 rings (SSSR count). The minimum absolute atomic E-state index is 0.0124. The predicted octanol–water partition coefficient (Wildman–Crippen LogP) is 1.53. The number of carbonyl (C=O) groups excluding carboxylic acids is 1. The highest BCUT2D eigenvalue weighted by atomic mass is 32.2. The van der Waals surface area contributed by atoms with Gasteiger partial charge >= 0.3 is 0 Å². The molecule has 0 aliphatic carbocycles. The third kappa shape index (κ3) is 6.27. The van der Waals surface area contributed by atoms with Gasteiger partial charge < -0.3 is 20.4 Å². The third-order valence-corrected chi connectivity index (χ3v) is 4.87. The van der Waals surface area contributed by atoms with E-state index in [0.29, 0.717) is 25.6 Å². The average Bonchev–Trinajstić information content (AvgIpc) is 3.07. The minimum atomic E-state index is -0.556. The third-order valence-electron chi connectivity index (χ3n) is 4.25. The molecule has 1 fully saturated rings. The Labute approximate surface area is 163 Å². The summed E-state index contributed by atoms with van der Waals surface area (Å²) < 4.78 is 28.0. The largest absolute Gasteiger partial charge is 0.365 e. The number of amides is 1. The Morgan fingerprint density at radius 3 is 2.70 bits per heavy atom. The highest BCUT2D eigenvalue weighted by Crippen LogP contribution is 2.26. The number of carbonyl (C=O) groups is 1. The van der Waals surface area contributed by atoms with Crippen LogP contribution in [-0.4, -0.2) is 75.1 Å². The van der Waals surface area contributed by atoms with Crippen LogP contribution in [0.1, 0.15) is 6.42 Å². The van der Waals surface area contributed by atoms with Crippen molar-refractivity contribution in [3.63, 3.8) is 0 Å². The van der Waals surface area contributed by atoms with E-state index < -0.39 is 11.6 Å². The highest BCUT2D eigenvalue weighted by molar-refractivity contribution is 7.98. The van der Waals surface area contributed by atoms with Gasteiger partial charge in [-0.2, -0.15) is 11.8 Å². The molecular weight excluding hydrogens is 372 g/mol. The molecule has 27 heavy (non-hydrogen) atoms. The number of halogens is 2. The van der Waals surface area contributed by atoms with Crippen molar-refractivity contribution in [2.75, 3.05) is 57.2 Å². The van der Waals surface area contributed by atoms with Crippen LogP contribution in [0.2, 0.25) is 0 Å². The summed E-state index contributed by atoms with van der Waals surface area (Å²) in [5, 5.41) is 6.48. The zero-order valence-corrected chi connectivity index (χ0v) is 16.8. The van der Waals surface area contributed by atoms with Crippen LogP contribution in [0, 0.1) is 11.6 Å². The van der Waals surface area contributed by atoms with E-state index >= 15 is 0 Å². The summed E-state index contributed by atoms with van der Waals surface area (Å²) in [6.45, 7) is 1.76. The van der Waals surface area contributed by atoms with Gasteiger partial charge in [-0.1, -0.05) is 6.07 Å². The smallest absolute Gasteiger partial charge is 0.243 e. The Kier molecular flexibility index (Phi) is 8.15. The first-order chi connectivity index (χ1) is 12.9. The molecule has 2 N–H and O–H groups in total. The van der Waals surface area contributed by atoms with Crippen molar-refractivity contribution in [2.45, 2.75) is 12.5 Å². The number of aliphatic imine (C=N–C) groups is 1. The fourth-order valence-corrected chi connectivity index (χ4v) is 3.08. The molecule has 0 saturated carbocycles. The van der Waals surface area contributed by atoms with Crippen molar-refractivity contribution in [1.29, 1.82) is 0 Å². The Balaban J connectivity index is 2.00. The van der Waals surface area contributed by atoms with E-state index in [1.165, 1.54) is 23.1 Å². The molecule has 1 atom stereocenters. The average molecular weight is 400 g/mol. The van der Waals surface area contributed by atoms with Gasteiger partial charge in [0.25, 0.3) is 0 Å². The van der Waals surface area contributed by atoms with Crippen LogP contribution in [0.5, 0.6) is 0 Å². The predicted molar refractivity (Wildman–Crippen MR) is 107 cm³/mol. The van der Waals surface area contributed by atoms with E-state index in [-0.39, 0.29) is 24.2 Å². The SMILES string of the molecule is CSCCNC(=NCC(=O)N(C)C)NC1CCN(c2c(F)cccc2F)C1. The van der Waals surface area contributed by atoms with Crippen molar-refractivity contribution in [2.24, 2.45) is 4.99 Å². The number of likely N-dealkylation sites (N-methyl/N-ethyl adjacent to an activating group) is 1. The van der Waals surface area contributed by atoms with Crippen LogP contribution in [0.15, 0.2) is 23.2 Å². The quantitative estimate of drug-likeness (QED) is 0.414. The van der Waals surface area contributed by atoms with Gasteiger partial charge in [-0.15, -0.1) is 0 Å². The molecule has 1 saturated heterocycles. The standard InChI is InChI=1S/C18H27F2N5OS/c1-24(2)16(26)11-22-18(21-8-10-27-3)23-13-7-9-25(12-13)17-14(19)5-4-6-15(17)20/h4-6,13H,7-12H2,1-3H3,(H2,21,22,23). The van der Waals surface area contributed by atoms with Gasteiger partial charge in [-0.05, 0) is 24.8 Å². The number of para-hydroxylation sites is 1. The summed E-state index contributed by atoms with van der Waals surface area (Å²) in [5.74, 6) is 0.237. The summed E-state index contributed by atoms with van der Waals surface area (Å²) in [7, 11) is 3.37. The van der Waals surface area contributed by atoms with Crippen molar-refractivity contribution >= 4 is 29.3 Å². The maximum atomic E-state index is 14.0. The molecule has 1 unspecified atom stereocenters. The normalized spacial score (nSPS) is 17.1. The first-order valence-electron chi connectivity index (χ1n) is 8.85. The second kappa shape index (κ2) is 10.3. The van der Waals surface area contributed by atoms with E-state index in [0.717, 1.165) is 12.2 Å². The van der Waals surface area contributed by atoms with Gasteiger partial charge in [-0.3, -0.25) is 4.79 Å². The van der Waals surface area contributed by atoms with Gasteiger partial charge in [-0.25, -0.2) is 13.8 Å². The van der Waals surface area contributed by atoms with Crippen LogP contribution in [-0.2, 0) is 4.79 Å². The van der Waals surface area contributed by atoms with Crippen molar-refractivity contribution in [3.8, 4) is 0 Å². The lowest BCUT2D eigenvalue weighted by Crippen LogP contribution is -2.46. The number of nitrogens with one attached hydrogen (secondary N) is 2. The Morgan fingerprint density at radius 1 is 1.37 bits per heavy atom. The molecule has 6 nitrogen and oxygen atoms in total. The first kappa shape index (κ1) is 21.3. The maximum absolute atomic E-state index is 14.0. The van der Waals surface area contributed by atoms with E-state index in [1.54, 1.807) is 30.8 Å². The molecule has 150 valence electrons. The molecule has 1 aromatic rings. The van der Waals surface area contributed by atoms with Crippen LogP contribution in [0.3, 0.4) is 0 Å². The number of rotatable bonds is 7. The lowest BCUT2D eigenvalue weighted by molar-refractivity contribution is -0.127. The number of nitrogens with zero attached hydrogens (tertiary/aromatic N) is 3. The summed E-state index contributed by atoms with van der Waals surface area (Å²) in [4.78, 5) is 19.3. The van der Waals surface area contributed by atoms with Crippen molar-refractivity contribution in [1.82, 2.24) is 15.5 Å². The number of hydrogen-bond donors (Lipinski definition) is 2. The zero-order chi connectivity index (χ0) is 19.8. The summed E-state index contributed by atoms with van der Waals surface area (Å²) in [6, 6.07) is 3.88. The topological polar surface area (TPSA) is 60.0 Å². The van der Waals surface area contributed by atoms with Gasteiger partial charge in [0.1, 0.15) is 23.9 Å². The van der Waals surface area contributed by atoms with Crippen LogP contribution >= 0.6 is 11.8 Å². The number of hydrogen-bond acceptors (Lipinski definition) is 4. The van der Waals surface area contributed by atoms with E-state index in [9.17, 15) is 13.6 Å². The number of benzene rings is 1. The summed E-state index contributed by atoms with van der Waals surface area (Å²) >= 11 is 1.70. The molecule has 0 radical (unpaired) electrons. The fourth-order valence-electron chi connectivity index (χ4n) is 2.78. The van der Waals surface area contributed by atoms with Gasteiger partial charge in [0.15, 0.2) is 5.96 Å². The lowest BCUT2D eigenvalue weighted by Gasteiger charge is -2.21. The van der Waals surface area contributed by atoms with E-state index in [1.807, 2.05) is 6.26 Å². The number of anilines is 1. The fraction of sp³-hybridized carbons (Fsp3) is 0.556.